The molecule has 25 heavy (non-hydrogen) atoms. The zero-order valence-corrected chi connectivity index (χ0v) is 17.7. The molecule has 2 aromatic rings. The molecule has 0 amide bonds. The maximum absolute atomic E-state index is 2.56. The number of rotatable bonds is 2. The van der Waals surface area contributed by atoms with Crippen LogP contribution in [0.1, 0.15) is 56.2 Å². The van der Waals surface area contributed by atoms with E-state index in [4.69, 9.17) is 0 Å². The zero-order chi connectivity index (χ0) is 17.0. The third-order valence-corrected chi connectivity index (χ3v) is 22.7. The Kier molecular flexibility index (Phi) is 3.79. The van der Waals surface area contributed by atoms with E-state index in [1.807, 2.05) is 0 Å². The first-order valence-electron chi connectivity index (χ1n) is 9.87. The molecule has 0 radical (unpaired) electrons. The van der Waals surface area contributed by atoms with Crippen LogP contribution in [0.2, 0.25) is 8.26 Å². The minimum absolute atomic E-state index is 0.794. The summed E-state index contributed by atoms with van der Waals surface area (Å²) < 4.78 is 4.47. The van der Waals surface area contributed by atoms with Crippen LogP contribution < -0.4 is 0 Å². The van der Waals surface area contributed by atoms with Crippen LogP contribution in [-0.4, -0.2) is 0 Å². The topological polar surface area (TPSA) is 0 Å². The number of hydrogen-bond donors (Lipinski definition) is 0. The average Bonchev–Trinajstić information content (AvgIpc) is 3.18. The molecule has 2 aliphatic carbocycles. The molecule has 0 bridgehead atoms. The molecule has 1 heteroatoms. The molecule has 0 nitrogen and oxygen atoms in total. The van der Waals surface area contributed by atoms with Crippen LogP contribution in [0, 0.1) is 0 Å². The number of hydrogen-bond acceptors (Lipinski definition) is 0. The monoisotopic (exact) mass is 404 g/mol. The van der Waals surface area contributed by atoms with Gasteiger partial charge < -0.3 is 0 Å². The van der Waals surface area contributed by atoms with Gasteiger partial charge >= 0.3 is 157 Å². The van der Waals surface area contributed by atoms with Crippen LogP contribution in [0.15, 0.2) is 59.7 Å². The molecule has 1 aliphatic heterocycles. The standard InChI is InChI=1S/C20H16.2C2H5.Zr/c1-2-6-18-12-15(11-17(18)5-1)9-10-16-13-19-7-3-4-8-20(19)14-16;2*1-2;/h1-8,11-14H,9-10H2;2*1H2,2H3;. The molecule has 2 unspecified atom stereocenters. The summed E-state index contributed by atoms with van der Waals surface area (Å²) in [6, 6.07) is 18.5. The summed E-state index contributed by atoms with van der Waals surface area (Å²) in [7, 11) is 0. The minimum atomic E-state index is -2.54. The molecule has 126 valence electrons. The zero-order valence-electron chi connectivity index (χ0n) is 15.3. The fourth-order valence-electron chi connectivity index (χ4n) is 6.09. The van der Waals surface area contributed by atoms with Crippen LogP contribution in [0.25, 0.3) is 12.2 Å². The predicted octanol–water partition coefficient (Wildman–Crippen LogP) is 7.09. The Hall–Kier alpha value is -1.20. The Bertz CT molecular complexity index is 826. The molecular formula is C24H26Zr. The molecule has 3 aliphatic rings. The van der Waals surface area contributed by atoms with E-state index in [0.717, 1.165) is 7.25 Å². The van der Waals surface area contributed by atoms with Crippen LogP contribution in [0.3, 0.4) is 0 Å². The van der Waals surface area contributed by atoms with Crippen molar-refractivity contribution in [2.24, 2.45) is 0 Å². The van der Waals surface area contributed by atoms with E-state index >= 15 is 0 Å². The van der Waals surface area contributed by atoms with Crippen molar-refractivity contribution in [3.8, 4) is 0 Å². The Labute approximate surface area is 156 Å². The van der Waals surface area contributed by atoms with E-state index in [0.29, 0.717) is 0 Å². The van der Waals surface area contributed by atoms with Crippen LogP contribution in [0.4, 0.5) is 0 Å². The van der Waals surface area contributed by atoms with E-state index < -0.39 is 20.3 Å². The van der Waals surface area contributed by atoms with E-state index in [9.17, 15) is 0 Å². The molecule has 0 spiro atoms. The summed E-state index contributed by atoms with van der Waals surface area (Å²) in [5.74, 6) is 0. The van der Waals surface area contributed by atoms with Gasteiger partial charge in [0.1, 0.15) is 0 Å². The van der Waals surface area contributed by atoms with E-state index in [1.165, 1.54) is 32.2 Å². The van der Waals surface area contributed by atoms with E-state index in [1.54, 1.807) is 22.3 Å². The van der Waals surface area contributed by atoms with Gasteiger partial charge in [0, 0.05) is 0 Å². The maximum atomic E-state index is 2.56. The Morgan fingerprint density at radius 2 is 1.16 bits per heavy atom. The summed E-state index contributed by atoms with van der Waals surface area (Å²) >= 11 is -2.54. The van der Waals surface area contributed by atoms with Crippen molar-refractivity contribution in [1.82, 2.24) is 0 Å². The number of fused-ring (bicyclic) bond motifs is 6. The first kappa shape index (κ1) is 16.0. The van der Waals surface area contributed by atoms with Crippen molar-refractivity contribution in [2.45, 2.75) is 42.2 Å². The SMILES string of the molecule is C[CH2][Zr]1([CH2]C)[CH]2C(=Cc3ccccc32)CCC2=Cc3ccccc3[CH]21. The Morgan fingerprint density at radius 3 is 1.60 bits per heavy atom. The molecule has 0 N–H and O–H groups in total. The first-order valence-corrected chi connectivity index (χ1v) is 16.2. The summed E-state index contributed by atoms with van der Waals surface area (Å²) in [6.45, 7) is 5.03. The van der Waals surface area contributed by atoms with Gasteiger partial charge in [-0.15, -0.1) is 0 Å². The van der Waals surface area contributed by atoms with Crippen LogP contribution in [0.5, 0.6) is 0 Å². The number of benzene rings is 2. The molecule has 2 atom stereocenters. The molecule has 5 rings (SSSR count). The summed E-state index contributed by atoms with van der Waals surface area (Å²) in [6.07, 6.45) is 7.66. The quantitative estimate of drug-likeness (QED) is 0.500. The third-order valence-electron chi connectivity index (χ3n) is 7.21. The summed E-state index contributed by atoms with van der Waals surface area (Å²) in [4.78, 5) is 0. The van der Waals surface area contributed by atoms with E-state index in [-0.39, 0.29) is 0 Å². The Morgan fingerprint density at radius 1 is 0.720 bits per heavy atom. The first-order chi connectivity index (χ1) is 12.3. The van der Waals surface area contributed by atoms with Crippen molar-refractivity contribution in [2.75, 3.05) is 0 Å². The third kappa shape index (κ3) is 2.15. The molecule has 1 fully saturated rings. The average molecular weight is 406 g/mol. The molecular weight excluding hydrogens is 379 g/mol. The molecule has 1 saturated heterocycles. The van der Waals surface area contributed by atoms with Crippen molar-refractivity contribution in [3.63, 3.8) is 0 Å². The molecule has 0 saturated carbocycles. The second-order valence-corrected chi connectivity index (χ2v) is 20.4. The van der Waals surface area contributed by atoms with Gasteiger partial charge in [-0.1, -0.05) is 0 Å². The van der Waals surface area contributed by atoms with Crippen molar-refractivity contribution in [3.05, 3.63) is 81.9 Å². The normalized spacial score (nSPS) is 25.2. The van der Waals surface area contributed by atoms with Gasteiger partial charge in [0.15, 0.2) is 0 Å². The summed E-state index contributed by atoms with van der Waals surface area (Å²) in [5, 5.41) is 0. The molecule has 0 aromatic heterocycles. The van der Waals surface area contributed by atoms with Gasteiger partial charge in [0.2, 0.25) is 0 Å². The van der Waals surface area contributed by atoms with Gasteiger partial charge in [-0.2, -0.15) is 0 Å². The molecule has 1 heterocycles. The second kappa shape index (κ2) is 5.92. The number of allylic oxidation sites excluding steroid dienone is 2. The van der Waals surface area contributed by atoms with Crippen LogP contribution in [-0.2, 0) is 20.3 Å². The fraction of sp³-hybridized carbons (Fsp3) is 0.333. The van der Waals surface area contributed by atoms with Crippen molar-refractivity contribution >= 4 is 12.2 Å². The van der Waals surface area contributed by atoms with Gasteiger partial charge in [-0.25, -0.2) is 0 Å². The Balaban J connectivity index is 1.76. The van der Waals surface area contributed by atoms with Gasteiger partial charge in [0.05, 0.1) is 0 Å². The second-order valence-electron chi connectivity index (χ2n) is 8.00. The van der Waals surface area contributed by atoms with Crippen molar-refractivity contribution in [1.29, 1.82) is 0 Å². The van der Waals surface area contributed by atoms with Gasteiger partial charge in [-0.3, -0.25) is 0 Å². The van der Waals surface area contributed by atoms with E-state index in [2.05, 4.69) is 74.5 Å². The predicted molar refractivity (Wildman–Crippen MR) is 105 cm³/mol. The van der Waals surface area contributed by atoms with Crippen LogP contribution >= 0.6 is 0 Å². The van der Waals surface area contributed by atoms with Gasteiger partial charge in [-0.05, 0) is 0 Å². The van der Waals surface area contributed by atoms with Crippen molar-refractivity contribution < 1.29 is 20.3 Å². The fourth-order valence-corrected chi connectivity index (χ4v) is 21.2. The molecule has 2 aromatic carbocycles. The summed E-state index contributed by atoms with van der Waals surface area (Å²) in [5.41, 5.74) is 9.92. The van der Waals surface area contributed by atoms with Gasteiger partial charge in [0.25, 0.3) is 0 Å².